The molecule has 2 N–H and O–H groups in total. The van der Waals surface area contributed by atoms with Gasteiger partial charge in [0.1, 0.15) is 0 Å². The molecule has 0 spiro atoms. The van der Waals surface area contributed by atoms with Crippen LogP contribution in [0, 0.1) is 0 Å². The molecule has 1 aromatic carbocycles. The number of piperidine rings is 1. The Morgan fingerprint density at radius 1 is 1.31 bits per heavy atom. The van der Waals surface area contributed by atoms with Crippen molar-refractivity contribution in [2.45, 2.75) is 38.6 Å². The maximum absolute atomic E-state index is 3.57. The van der Waals surface area contributed by atoms with Gasteiger partial charge in [-0.1, -0.05) is 31.5 Å². The Hall–Kier alpha value is -1.02. The summed E-state index contributed by atoms with van der Waals surface area (Å²) in [6, 6.07) is 9.26. The Bertz CT molecular complexity index is 316. The highest BCUT2D eigenvalue weighted by Crippen LogP contribution is 2.16. The Morgan fingerprint density at radius 3 is 2.94 bits per heavy atom. The van der Waals surface area contributed by atoms with Crippen LogP contribution in [0.5, 0.6) is 0 Å². The average Bonchev–Trinajstić information content (AvgIpc) is 2.38. The van der Waals surface area contributed by atoms with Crippen LogP contribution in [0.15, 0.2) is 24.3 Å². The molecule has 1 atom stereocenters. The predicted octanol–water partition coefficient (Wildman–Crippen LogP) is 2.80. The summed E-state index contributed by atoms with van der Waals surface area (Å²) < 4.78 is 0. The van der Waals surface area contributed by atoms with Gasteiger partial charge >= 0.3 is 0 Å². The third kappa shape index (κ3) is 2.99. The molecule has 2 heteroatoms. The molecule has 1 unspecified atom stereocenters. The van der Waals surface area contributed by atoms with Gasteiger partial charge in [-0.05, 0) is 37.4 Å². The molecule has 1 saturated heterocycles. The van der Waals surface area contributed by atoms with Crippen molar-refractivity contribution < 1.29 is 0 Å². The van der Waals surface area contributed by atoms with Gasteiger partial charge in [0.15, 0.2) is 0 Å². The molecule has 0 aromatic heterocycles. The van der Waals surface area contributed by atoms with Gasteiger partial charge in [0, 0.05) is 18.3 Å². The standard InChI is InChI=1S/C14H22N2/c1-2-12-7-3-4-9-14(12)16-11-13-8-5-6-10-15-13/h3-4,7,9,13,15-16H,2,5-6,8,10-11H2,1H3. The summed E-state index contributed by atoms with van der Waals surface area (Å²) in [6.07, 6.45) is 5.11. The zero-order valence-electron chi connectivity index (χ0n) is 10.1. The van der Waals surface area contributed by atoms with Crippen LogP contribution < -0.4 is 10.6 Å². The fraction of sp³-hybridized carbons (Fsp3) is 0.571. The fourth-order valence-corrected chi connectivity index (χ4v) is 2.33. The Labute approximate surface area is 98.4 Å². The molecule has 1 heterocycles. The number of hydrogen-bond donors (Lipinski definition) is 2. The molecule has 1 aliphatic heterocycles. The summed E-state index contributed by atoms with van der Waals surface area (Å²) in [6.45, 7) is 4.44. The Kier molecular flexibility index (Phi) is 4.23. The molecule has 0 saturated carbocycles. The van der Waals surface area contributed by atoms with Gasteiger partial charge in [-0.3, -0.25) is 0 Å². The summed E-state index contributed by atoms with van der Waals surface area (Å²) in [5, 5.41) is 7.14. The van der Waals surface area contributed by atoms with Crippen molar-refractivity contribution in [2.75, 3.05) is 18.4 Å². The van der Waals surface area contributed by atoms with Crippen molar-refractivity contribution in [1.82, 2.24) is 5.32 Å². The van der Waals surface area contributed by atoms with Crippen LogP contribution in [0.3, 0.4) is 0 Å². The van der Waals surface area contributed by atoms with E-state index in [0.717, 1.165) is 13.0 Å². The summed E-state index contributed by atoms with van der Waals surface area (Å²) in [5.41, 5.74) is 2.72. The lowest BCUT2D eigenvalue weighted by Gasteiger charge is -2.24. The number of anilines is 1. The van der Waals surface area contributed by atoms with Crippen LogP contribution in [0.4, 0.5) is 5.69 Å². The number of rotatable bonds is 4. The lowest BCUT2D eigenvalue weighted by atomic mass is 10.0. The molecule has 2 rings (SSSR count). The molecule has 1 aromatic rings. The summed E-state index contributed by atoms with van der Waals surface area (Å²) >= 11 is 0. The third-order valence-corrected chi connectivity index (χ3v) is 3.35. The minimum Gasteiger partial charge on any atom is -0.383 e. The first-order valence-electron chi connectivity index (χ1n) is 6.45. The van der Waals surface area contributed by atoms with E-state index < -0.39 is 0 Å². The zero-order valence-corrected chi connectivity index (χ0v) is 10.1. The SMILES string of the molecule is CCc1ccccc1NCC1CCCCN1. The van der Waals surface area contributed by atoms with E-state index in [-0.39, 0.29) is 0 Å². The van der Waals surface area contributed by atoms with E-state index in [2.05, 4.69) is 41.8 Å². The van der Waals surface area contributed by atoms with E-state index in [1.165, 1.54) is 37.1 Å². The molecular weight excluding hydrogens is 196 g/mol. The summed E-state index contributed by atoms with van der Waals surface area (Å²) in [5.74, 6) is 0. The molecule has 0 amide bonds. The van der Waals surface area contributed by atoms with Gasteiger partial charge in [-0.25, -0.2) is 0 Å². The number of nitrogens with one attached hydrogen (secondary N) is 2. The molecule has 1 aliphatic rings. The van der Waals surface area contributed by atoms with Crippen LogP contribution in [0.1, 0.15) is 31.7 Å². The largest absolute Gasteiger partial charge is 0.383 e. The number of aryl methyl sites for hydroxylation is 1. The second kappa shape index (κ2) is 5.90. The van der Waals surface area contributed by atoms with Crippen molar-refractivity contribution in [2.24, 2.45) is 0 Å². The number of benzene rings is 1. The predicted molar refractivity (Wildman–Crippen MR) is 70.0 cm³/mol. The van der Waals surface area contributed by atoms with E-state index >= 15 is 0 Å². The highest BCUT2D eigenvalue weighted by atomic mass is 15.0. The van der Waals surface area contributed by atoms with Crippen LogP contribution >= 0.6 is 0 Å². The van der Waals surface area contributed by atoms with Gasteiger partial charge in [-0.15, -0.1) is 0 Å². The normalized spacial score (nSPS) is 20.7. The maximum Gasteiger partial charge on any atom is 0.0373 e. The summed E-state index contributed by atoms with van der Waals surface area (Å²) in [7, 11) is 0. The van der Waals surface area contributed by atoms with Crippen molar-refractivity contribution in [3.8, 4) is 0 Å². The molecule has 1 fully saturated rings. The first-order chi connectivity index (χ1) is 7.90. The van der Waals surface area contributed by atoms with E-state index in [9.17, 15) is 0 Å². The molecule has 88 valence electrons. The van der Waals surface area contributed by atoms with Gasteiger partial charge in [-0.2, -0.15) is 0 Å². The lowest BCUT2D eigenvalue weighted by molar-refractivity contribution is 0.414. The minimum atomic E-state index is 0.652. The summed E-state index contributed by atoms with van der Waals surface area (Å²) in [4.78, 5) is 0. The van der Waals surface area contributed by atoms with Crippen LogP contribution in [0.2, 0.25) is 0 Å². The highest BCUT2D eigenvalue weighted by Gasteiger charge is 2.12. The molecule has 2 nitrogen and oxygen atoms in total. The second-order valence-electron chi connectivity index (χ2n) is 4.54. The molecular formula is C14H22N2. The van der Waals surface area contributed by atoms with Crippen LogP contribution in [-0.2, 0) is 6.42 Å². The van der Waals surface area contributed by atoms with Crippen molar-refractivity contribution in [3.63, 3.8) is 0 Å². The van der Waals surface area contributed by atoms with E-state index in [4.69, 9.17) is 0 Å². The first-order valence-corrected chi connectivity index (χ1v) is 6.45. The van der Waals surface area contributed by atoms with Gasteiger partial charge in [0.2, 0.25) is 0 Å². The quantitative estimate of drug-likeness (QED) is 0.812. The Morgan fingerprint density at radius 2 is 2.19 bits per heavy atom. The number of hydrogen-bond acceptors (Lipinski definition) is 2. The van der Waals surface area contributed by atoms with E-state index in [0.29, 0.717) is 6.04 Å². The maximum atomic E-state index is 3.57. The van der Waals surface area contributed by atoms with Gasteiger partial charge < -0.3 is 10.6 Å². The van der Waals surface area contributed by atoms with E-state index in [1.54, 1.807) is 0 Å². The molecule has 0 bridgehead atoms. The van der Waals surface area contributed by atoms with Gasteiger partial charge in [0.25, 0.3) is 0 Å². The highest BCUT2D eigenvalue weighted by molar-refractivity contribution is 5.51. The van der Waals surface area contributed by atoms with Crippen molar-refractivity contribution in [3.05, 3.63) is 29.8 Å². The van der Waals surface area contributed by atoms with Crippen LogP contribution in [0.25, 0.3) is 0 Å². The third-order valence-electron chi connectivity index (χ3n) is 3.35. The smallest absolute Gasteiger partial charge is 0.0373 e. The second-order valence-corrected chi connectivity index (χ2v) is 4.54. The molecule has 16 heavy (non-hydrogen) atoms. The zero-order chi connectivity index (χ0) is 11.2. The fourth-order valence-electron chi connectivity index (χ4n) is 2.33. The molecule has 0 aliphatic carbocycles. The topological polar surface area (TPSA) is 24.1 Å². The van der Waals surface area contributed by atoms with Gasteiger partial charge in [0.05, 0.1) is 0 Å². The first kappa shape index (κ1) is 11.5. The molecule has 0 radical (unpaired) electrons. The van der Waals surface area contributed by atoms with E-state index in [1.807, 2.05) is 0 Å². The minimum absolute atomic E-state index is 0.652. The number of para-hydroxylation sites is 1. The monoisotopic (exact) mass is 218 g/mol. The average molecular weight is 218 g/mol. The lowest BCUT2D eigenvalue weighted by Crippen LogP contribution is -2.39. The van der Waals surface area contributed by atoms with Crippen LogP contribution in [-0.4, -0.2) is 19.1 Å². The van der Waals surface area contributed by atoms with Crippen molar-refractivity contribution in [1.29, 1.82) is 0 Å². The Balaban J connectivity index is 1.88. The van der Waals surface area contributed by atoms with Crippen molar-refractivity contribution >= 4 is 5.69 Å².